The molecule has 2 aliphatic heterocycles. The predicted molar refractivity (Wildman–Crippen MR) is 117 cm³/mol. The van der Waals surface area contributed by atoms with Gasteiger partial charge in [0.25, 0.3) is 5.91 Å². The minimum Gasteiger partial charge on any atom is -0.369 e. The summed E-state index contributed by atoms with van der Waals surface area (Å²) in [5, 5.41) is 3.28. The highest BCUT2D eigenvalue weighted by molar-refractivity contribution is 8.00. The van der Waals surface area contributed by atoms with E-state index in [9.17, 15) is 22.8 Å². The van der Waals surface area contributed by atoms with E-state index in [0.29, 0.717) is 0 Å². The van der Waals surface area contributed by atoms with E-state index in [1.807, 2.05) is 6.07 Å². The Morgan fingerprint density at radius 2 is 1.75 bits per heavy atom. The van der Waals surface area contributed by atoms with E-state index in [-0.39, 0.29) is 34.3 Å². The number of thioether (sulfide) groups is 1. The molecule has 2 aromatic rings. The van der Waals surface area contributed by atoms with E-state index in [4.69, 9.17) is 0 Å². The van der Waals surface area contributed by atoms with Crippen molar-refractivity contribution in [3.63, 3.8) is 0 Å². The largest absolute Gasteiger partial charge is 0.446 e. The molecule has 0 saturated carbocycles. The number of hydrogen-bond donors (Lipinski definition) is 1. The maximum absolute atomic E-state index is 13.3. The summed E-state index contributed by atoms with van der Waals surface area (Å²) in [4.78, 5) is 33.4. The predicted octanol–water partition coefficient (Wildman–Crippen LogP) is 5.14. The van der Waals surface area contributed by atoms with E-state index < -0.39 is 23.0 Å². The van der Waals surface area contributed by atoms with Crippen LogP contribution in [0.3, 0.4) is 0 Å². The van der Waals surface area contributed by atoms with E-state index in [1.54, 1.807) is 20.0 Å². The van der Waals surface area contributed by atoms with Crippen molar-refractivity contribution < 1.29 is 22.8 Å². The highest BCUT2D eigenvalue weighted by atomic mass is 32.2. The zero-order valence-corrected chi connectivity index (χ0v) is 18.9. The lowest BCUT2D eigenvalue weighted by atomic mass is 9.84. The summed E-state index contributed by atoms with van der Waals surface area (Å²) in [6.45, 7) is 8.46. The van der Waals surface area contributed by atoms with Crippen LogP contribution in [-0.2, 0) is 16.8 Å². The van der Waals surface area contributed by atoms with Crippen molar-refractivity contribution >= 4 is 35.2 Å². The molecule has 3 amide bonds. The Balaban J connectivity index is 1.64. The summed E-state index contributed by atoms with van der Waals surface area (Å²) in [5.74, 6) is 0.347. The number of alkyl halides is 3. The molecule has 170 valence electrons. The van der Waals surface area contributed by atoms with Crippen LogP contribution in [0.25, 0.3) is 0 Å². The van der Waals surface area contributed by atoms with Gasteiger partial charge in [-0.2, -0.15) is 13.2 Å². The lowest BCUT2D eigenvalue weighted by Crippen LogP contribution is -2.44. The van der Waals surface area contributed by atoms with Gasteiger partial charge in [-0.25, -0.2) is 14.7 Å². The summed E-state index contributed by atoms with van der Waals surface area (Å²) in [5.41, 5.74) is -3.55. The van der Waals surface area contributed by atoms with Gasteiger partial charge in [-0.05, 0) is 61.5 Å². The first-order valence-electron chi connectivity index (χ1n) is 10.1. The second kappa shape index (κ2) is 7.40. The number of amides is 3. The number of rotatable bonds is 4. The number of urea groups is 1. The van der Waals surface area contributed by atoms with Crippen molar-refractivity contribution in [1.29, 1.82) is 0 Å². The van der Waals surface area contributed by atoms with Crippen LogP contribution in [0.4, 0.5) is 29.5 Å². The van der Waals surface area contributed by atoms with Crippen LogP contribution in [0.5, 0.6) is 0 Å². The molecule has 1 N–H and O–H groups in total. The molecular weight excluding hydrogens is 441 g/mol. The third-order valence-corrected chi connectivity index (χ3v) is 6.63. The van der Waals surface area contributed by atoms with Crippen LogP contribution in [0.2, 0.25) is 0 Å². The number of halogens is 3. The quantitative estimate of drug-likeness (QED) is 0.501. The van der Waals surface area contributed by atoms with Crippen LogP contribution in [-0.4, -0.2) is 39.4 Å². The average molecular weight is 465 g/mol. The van der Waals surface area contributed by atoms with Crippen LogP contribution in [0.1, 0.15) is 38.8 Å². The number of carbonyl (C=O) groups is 2. The molecule has 0 aliphatic carbocycles. The minimum absolute atomic E-state index is 0.0152. The SMILES string of the molecule is CC1(C)CNc2nccc(CN3C(=O)N(c4ccc(SC(F)(F)F)cc4)C(=O)C3(C)C)c21. The summed E-state index contributed by atoms with van der Waals surface area (Å²) in [6, 6.07) is 6.58. The van der Waals surface area contributed by atoms with Crippen molar-refractivity contribution in [2.24, 2.45) is 0 Å². The molecule has 1 fully saturated rings. The van der Waals surface area contributed by atoms with Gasteiger partial charge in [0.2, 0.25) is 0 Å². The van der Waals surface area contributed by atoms with E-state index in [2.05, 4.69) is 24.1 Å². The fraction of sp³-hybridized carbons (Fsp3) is 0.409. The lowest BCUT2D eigenvalue weighted by Gasteiger charge is -2.30. The third kappa shape index (κ3) is 3.80. The molecule has 0 unspecified atom stereocenters. The molecule has 1 saturated heterocycles. The highest BCUT2D eigenvalue weighted by Gasteiger charge is 2.52. The minimum atomic E-state index is -4.41. The molecular formula is C22H23F3N4O2S. The molecule has 4 rings (SSSR count). The van der Waals surface area contributed by atoms with Gasteiger partial charge in [-0.15, -0.1) is 0 Å². The highest BCUT2D eigenvalue weighted by Crippen LogP contribution is 2.41. The summed E-state index contributed by atoms with van der Waals surface area (Å²) >= 11 is -0.244. The van der Waals surface area contributed by atoms with Crippen LogP contribution in [0.15, 0.2) is 41.4 Å². The number of nitrogens with zero attached hydrogens (tertiary/aromatic N) is 3. The van der Waals surface area contributed by atoms with E-state index in [0.717, 1.165) is 28.4 Å². The van der Waals surface area contributed by atoms with Gasteiger partial charge in [0.1, 0.15) is 11.4 Å². The molecule has 10 heteroatoms. The van der Waals surface area contributed by atoms with Gasteiger partial charge in [0.15, 0.2) is 0 Å². The van der Waals surface area contributed by atoms with E-state index in [1.165, 1.54) is 29.2 Å². The smallest absolute Gasteiger partial charge is 0.369 e. The number of pyridine rings is 1. The zero-order valence-electron chi connectivity index (χ0n) is 18.1. The fourth-order valence-electron chi connectivity index (χ4n) is 4.21. The Morgan fingerprint density at radius 3 is 2.38 bits per heavy atom. The molecule has 2 aliphatic rings. The van der Waals surface area contributed by atoms with Crippen molar-refractivity contribution in [3.05, 3.63) is 47.7 Å². The van der Waals surface area contributed by atoms with Crippen LogP contribution in [0, 0.1) is 0 Å². The summed E-state index contributed by atoms with van der Waals surface area (Å²) in [6.07, 6.45) is 1.67. The first-order valence-corrected chi connectivity index (χ1v) is 10.9. The van der Waals surface area contributed by atoms with Gasteiger partial charge in [-0.3, -0.25) is 4.79 Å². The first kappa shape index (κ1) is 22.4. The van der Waals surface area contributed by atoms with Crippen molar-refractivity contribution in [1.82, 2.24) is 9.88 Å². The lowest BCUT2D eigenvalue weighted by molar-refractivity contribution is -0.123. The normalized spacial score (nSPS) is 19.3. The molecule has 0 bridgehead atoms. The molecule has 32 heavy (non-hydrogen) atoms. The van der Waals surface area contributed by atoms with Crippen LogP contribution < -0.4 is 10.2 Å². The fourth-order valence-corrected chi connectivity index (χ4v) is 4.75. The maximum Gasteiger partial charge on any atom is 0.446 e. The van der Waals surface area contributed by atoms with Crippen molar-refractivity contribution in [3.8, 4) is 0 Å². The Bertz CT molecular complexity index is 1080. The first-order chi connectivity index (χ1) is 14.8. The summed E-state index contributed by atoms with van der Waals surface area (Å²) < 4.78 is 37.8. The molecule has 1 aromatic heterocycles. The molecule has 0 radical (unpaired) electrons. The Morgan fingerprint density at radius 1 is 1.09 bits per heavy atom. The van der Waals surface area contributed by atoms with E-state index >= 15 is 0 Å². The maximum atomic E-state index is 13.3. The monoisotopic (exact) mass is 464 g/mol. The Kier molecular flexibility index (Phi) is 5.19. The third-order valence-electron chi connectivity index (χ3n) is 5.89. The number of carbonyl (C=O) groups excluding carboxylic acids is 2. The molecule has 1 aromatic carbocycles. The molecule has 6 nitrogen and oxygen atoms in total. The topological polar surface area (TPSA) is 65.5 Å². The number of nitrogens with one attached hydrogen (secondary N) is 1. The van der Waals surface area contributed by atoms with Gasteiger partial charge in [-0.1, -0.05) is 13.8 Å². The van der Waals surface area contributed by atoms with Gasteiger partial charge in [0, 0.05) is 35.2 Å². The van der Waals surface area contributed by atoms with Gasteiger partial charge < -0.3 is 10.2 Å². The second-order valence-corrected chi connectivity index (χ2v) is 10.2. The number of benzene rings is 1. The Labute approximate surface area is 188 Å². The van der Waals surface area contributed by atoms with Gasteiger partial charge in [0.05, 0.1) is 5.69 Å². The molecule has 3 heterocycles. The zero-order chi connectivity index (χ0) is 23.5. The van der Waals surface area contributed by atoms with Crippen molar-refractivity contribution in [2.75, 3.05) is 16.8 Å². The molecule has 0 spiro atoms. The number of hydrogen-bond acceptors (Lipinski definition) is 5. The number of anilines is 2. The number of aromatic nitrogens is 1. The van der Waals surface area contributed by atoms with Crippen LogP contribution >= 0.6 is 11.8 Å². The second-order valence-electron chi connectivity index (χ2n) is 9.04. The number of imide groups is 1. The number of fused-ring (bicyclic) bond motifs is 1. The summed E-state index contributed by atoms with van der Waals surface area (Å²) in [7, 11) is 0. The Hall–Kier alpha value is -2.75. The standard InChI is InChI=1S/C22H23F3N4O2S/c1-20(2)12-27-17-16(20)13(9-10-26-17)11-28-19(31)29(18(30)21(28,3)4)14-5-7-15(8-6-14)32-22(23,24)25/h5-10H,11-12H2,1-4H3,(H,26,27). The van der Waals surface area contributed by atoms with Crippen molar-refractivity contribution in [2.45, 2.75) is 55.6 Å². The average Bonchev–Trinajstić information content (AvgIpc) is 3.09. The van der Waals surface area contributed by atoms with Gasteiger partial charge >= 0.3 is 11.5 Å². The molecule has 0 atom stereocenters.